The Morgan fingerprint density at radius 1 is 1.38 bits per heavy atom. The van der Waals surface area contributed by atoms with Crippen LogP contribution in [0.25, 0.3) is 0 Å². The summed E-state index contributed by atoms with van der Waals surface area (Å²) in [4.78, 5) is 11.6. The molecule has 0 aliphatic carbocycles. The fraction of sp³-hybridized carbons (Fsp3) is 0.0833. The van der Waals surface area contributed by atoms with Crippen molar-refractivity contribution in [2.75, 3.05) is 0 Å². The van der Waals surface area contributed by atoms with E-state index in [2.05, 4.69) is 0 Å². The van der Waals surface area contributed by atoms with Crippen LogP contribution in [0.5, 0.6) is 0 Å². The fourth-order valence-corrected chi connectivity index (χ4v) is 1.56. The summed E-state index contributed by atoms with van der Waals surface area (Å²) in [5, 5.41) is 0.0183. The highest BCUT2D eigenvalue weighted by Gasteiger charge is 2.10. The van der Waals surface area contributed by atoms with Gasteiger partial charge in [0.1, 0.15) is 5.82 Å². The van der Waals surface area contributed by atoms with Gasteiger partial charge in [0, 0.05) is 6.42 Å². The van der Waals surface area contributed by atoms with Gasteiger partial charge in [-0.1, -0.05) is 17.7 Å². The maximum atomic E-state index is 12.9. The Balaban J connectivity index is 2.15. The van der Waals surface area contributed by atoms with Crippen molar-refractivity contribution >= 4 is 17.4 Å². The molecule has 0 fully saturated rings. The van der Waals surface area contributed by atoms with Crippen LogP contribution < -0.4 is 0 Å². The van der Waals surface area contributed by atoms with Gasteiger partial charge < -0.3 is 4.42 Å². The van der Waals surface area contributed by atoms with Crippen LogP contribution in [-0.4, -0.2) is 5.78 Å². The Morgan fingerprint density at radius 2 is 2.19 bits per heavy atom. The second kappa shape index (κ2) is 4.49. The monoisotopic (exact) mass is 238 g/mol. The molecule has 4 heteroatoms. The minimum atomic E-state index is -0.490. The summed E-state index contributed by atoms with van der Waals surface area (Å²) in [5.41, 5.74) is 0.660. The molecule has 0 radical (unpaired) electrons. The first-order valence-corrected chi connectivity index (χ1v) is 5.05. The summed E-state index contributed by atoms with van der Waals surface area (Å²) in [6.07, 6.45) is 1.58. The first-order chi connectivity index (χ1) is 7.66. The molecule has 1 aromatic heterocycles. The van der Waals surface area contributed by atoms with E-state index in [1.54, 1.807) is 12.1 Å². The fourth-order valence-electron chi connectivity index (χ4n) is 1.36. The van der Waals surface area contributed by atoms with Crippen molar-refractivity contribution in [3.05, 3.63) is 58.8 Å². The van der Waals surface area contributed by atoms with Crippen molar-refractivity contribution < 1.29 is 13.6 Å². The molecule has 2 rings (SSSR count). The molecule has 1 heterocycles. The van der Waals surface area contributed by atoms with E-state index in [-0.39, 0.29) is 17.2 Å². The van der Waals surface area contributed by atoms with Crippen molar-refractivity contribution in [1.82, 2.24) is 0 Å². The Kier molecular flexibility index (Phi) is 3.06. The predicted octanol–water partition coefficient (Wildman–Crippen LogP) is 3.50. The molecule has 16 heavy (non-hydrogen) atoms. The van der Waals surface area contributed by atoms with Crippen molar-refractivity contribution in [3.63, 3.8) is 0 Å². The maximum absolute atomic E-state index is 12.9. The summed E-state index contributed by atoms with van der Waals surface area (Å²) in [6, 6.07) is 7.45. The van der Waals surface area contributed by atoms with Gasteiger partial charge in [-0.25, -0.2) is 4.39 Å². The quantitative estimate of drug-likeness (QED) is 0.766. The normalized spacial score (nSPS) is 10.4. The van der Waals surface area contributed by atoms with Crippen molar-refractivity contribution in [1.29, 1.82) is 0 Å². The van der Waals surface area contributed by atoms with E-state index in [4.69, 9.17) is 16.0 Å². The van der Waals surface area contributed by atoms with Gasteiger partial charge in [-0.15, -0.1) is 0 Å². The van der Waals surface area contributed by atoms with Crippen LogP contribution in [0.3, 0.4) is 0 Å². The summed E-state index contributed by atoms with van der Waals surface area (Å²) < 4.78 is 17.8. The SMILES string of the molecule is O=C(Cc1ccc(F)c(Cl)c1)c1ccco1. The highest BCUT2D eigenvalue weighted by molar-refractivity contribution is 6.30. The van der Waals surface area contributed by atoms with Gasteiger partial charge in [0.25, 0.3) is 0 Å². The smallest absolute Gasteiger partial charge is 0.202 e. The van der Waals surface area contributed by atoms with Crippen molar-refractivity contribution in [2.24, 2.45) is 0 Å². The van der Waals surface area contributed by atoms with Gasteiger partial charge in [0.2, 0.25) is 5.78 Å². The summed E-state index contributed by atoms with van der Waals surface area (Å²) in [5.74, 6) is -0.357. The number of ketones is 1. The van der Waals surface area contributed by atoms with Crippen LogP contribution in [0.1, 0.15) is 16.1 Å². The standard InChI is InChI=1S/C12H8ClFO2/c13-9-6-8(3-4-10(9)14)7-11(15)12-2-1-5-16-12/h1-6H,7H2. The number of rotatable bonds is 3. The third-order valence-electron chi connectivity index (χ3n) is 2.14. The van der Waals surface area contributed by atoms with E-state index in [0.717, 1.165) is 0 Å². The number of carbonyl (C=O) groups excluding carboxylic acids is 1. The van der Waals surface area contributed by atoms with Gasteiger partial charge in [0.05, 0.1) is 11.3 Å². The summed E-state index contributed by atoms with van der Waals surface area (Å²) in [6.45, 7) is 0. The van der Waals surface area contributed by atoms with E-state index < -0.39 is 5.82 Å². The van der Waals surface area contributed by atoms with Gasteiger partial charge in [0.15, 0.2) is 5.76 Å². The average Bonchev–Trinajstić information content (AvgIpc) is 2.77. The minimum Gasteiger partial charge on any atom is -0.461 e. The third kappa shape index (κ3) is 2.31. The van der Waals surface area contributed by atoms with E-state index in [1.807, 2.05) is 0 Å². The minimum absolute atomic E-state index is 0.0183. The molecule has 0 saturated carbocycles. The molecular weight excluding hydrogens is 231 g/mol. The van der Waals surface area contributed by atoms with Crippen LogP contribution in [-0.2, 0) is 6.42 Å². The average molecular weight is 239 g/mol. The molecule has 0 aliphatic heterocycles. The molecule has 0 unspecified atom stereocenters. The van der Waals surface area contributed by atoms with Gasteiger partial charge in [-0.05, 0) is 29.8 Å². The lowest BCUT2D eigenvalue weighted by molar-refractivity contribution is 0.0966. The van der Waals surface area contributed by atoms with Crippen LogP contribution in [0.4, 0.5) is 4.39 Å². The molecule has 0 spiro atoms. The molecule has 0 amide bonds. The van der Waals surface area contributed by atoms with Crippen LogP contribution in [0.15, 0.2) is 41.0 Å². The van der Waals surface area contributed by atoms with E-state index >= 15 is 0 Å². The number of hydrogen-bond acceptors (Lipinski definition) is 2. The molecule has 2 aromatic rings. The Morgan fingerprint density at radius 3 is 2.81 bits per heavy atom. The number of furan rings is 1. The number of Topliss-reactive ketones (excluding diaryl/α,β-unsaturated/α-hetero) is 1. The van der Waals surface area contributed by atoms with Crippen LogP contribution in [0, 0.1) is 5.82 Å². The Hall–Kier alpha value is -1.61. The van der Waals surface area contributed by atoms with Crippen LogP contribution in [0.2, 0.25) is 5.02 Å². The van der Waals surface area contributed by atoms with Crippen molar-refractivity contribution in [2.45, 2.75) is 6.42 Å². The van der Waals surface area contributed by atoms with Gasteiger partial charge in [-0.3, -0.25) is 4.79 Å². The molecule has 82 valence electrons. The number of carbonyl (C=O) groups is 1. The number of hydrogen-bond donors (Lipinski definition) is 0. The summed E-state index contributed by atoms with van der Waals surface area (Å²) in [7, 11) is 0. The first-order valence-electron chi connectivity index (χ1n) is 4.67. The van der Waals surface area contributed by atoms with E-state index in [9.17, 15) is 9.18 Å². The topological polar surface area (TPSA) is 30.2 Å². The lowest BCUT2D eigenvalue weighted by Gasteiger charge is -2.00. The first kappa shape index (κ1) is 10.9. The third-order valence-corrected chi connectivity index (χ3v) is 2.43. The molecular formula is C12H8ClFO2. The second-order valence-corrected chi connectivity index (χ2v) is 3.73. The van der Waals surface area contributed by atoms with Gasteiger partial charge in [-0.2, -0.15) is 0 Å². The van der Waals surface area contributed by atoms with Crippen LogP contribution >= 0.6 is 11.6 Å². The lowest BCUT2D eigenvalue weighted by Crippen LogP contribution is -2.02. The number of benzene rings is 1. The zero-order valence-corrected chi connectivity index (χ0v) is 9.00. The number of halogens is 2. The highest BCUT2D eigenvalue weighted by atomic mass is 35.5. The molecule has 0 N–H and O–H groups in total. The molecule has 0 aliphatic rings. The zero-order valence-electron chi connectivity index (χ0n) is 8.24. The Labute approximate surface area is 96.6 Å². The lowest BCUT2D eigenvalue weighted by atomic mass is 10.1. The molecule has 2 nitrogen and oxygen atoms in total. The zero-order chi connectivity index (χ0) is 11.5. The molecule has 0 saturated heterocycles. The summed E-state index contributed by atoms with van der Waals surface area (Å²) >= 11 is 5.61. The molecule has 1 aromatic carbocycles. The van der Waals surface area contributed by atoms with Gasteiger partial charge >= 0.3 is 0 Å². The largest absolute Gasteiger partial charge is 0.461 e. The second-order valence-electron chi connectivity index (χ2n) is 3.33. The molecule has 0 atom stereocenters. The van der Waals surface area contributed by atoms with E-state index in [0.29, 0.717) is 11.3 Å². The maximum Gasteiger partial charge on any atom is 0.202 e. The highest BCUT2D eigenvalue weighted by Crippen LogP contribution is 2.17. The predicted molar refractivity (Wildman–Crippen MR) is 58.2 cm³/mol. The Bertz CT molecular complexity index is 506. The van der Waals surface area contributed by atoms with Crippen molar-refractivity contribution in [3.8, 4) is 0 Å². The molecule has 0 bridgehead atoms. The van der Waals surface area contributed by atoms with E-state index in [1.165, 1.54) is 24.5 Å².